The number of urea groups is 1. The molecule has 6 N–H and O–H groups in total. The first kappa shape index (κ1) is 15.5. The predicted octanol–water partition coefficient (Wildman–Crippen LogP) is -0.133. The average molecular weight is 283 g/mol. The van der Waals surface area contributed by atoms with E-state index in [9.17, 15) is 14.4 Å². The van der Waals surface area contributed by atoms with Gasteiger partial charge < -0.3 is 21.5 Å². The monoisotopic (exact) mass is 283 g/mol. The number of aliphatic carboxylic acids is 1. The lowest BCUT2D eigenvalue weighted by Crippen LogP contribution is -2.43. The highest BCUT2D eigenvalue weighted by Crippen LogP contribution is 2.15. The van der Waals surface area contributed by atoms with E-state index in [0.717, 1.165) is 0 Å². The number of aromatic amines is 1. The Morgan fingerprint density at radius 1 is 1.40 bits per heavy atom. The van der Waals surface area contributed by atoms with Crippen molar-refractivity contribution >= 4 is 23.6 Å². The molecule has 0 saturated heterocycles. The van der Waals surface area contributed by atoms with E-state index in [1.807, 2.05) is 0 Å². The van der Waals surface area contributed by atoms with Crippen LogP contribution in [0.3, 0.4) is 0 Å². The zero-order chi connectivity index (χ0) is 15.3. The van der Waals surface area contributed by atoms with Crippen LogP contribution in [0.5, 0.6) is 0 Å². The molecular weight excluding hydrogens is 266 g/mol. The van der Waals surface area contributed by atoms with Crippen molar-refractivity contribution in [3.8, 4) is 0 Å². The van der Waals surface area contributed by atoms with Gasteiger partial charge in [0.15, 0.2) is 0 Å². The standard InChI is InChI=1S/C11H17N5O4/c1-5-9(6(2)16-15-5)14-11(20)13-7(10(18)19)3-4-8(12)17/h7H,3-4H2,1-2H3,(H2,12,17)(H,15,16)(H,18,19)(H2,13,14,20). The number of rotatable bonds is 6. The normalized spacial score (nSPS) is 11.7. The van der Waals surface area contributed by atoms with Crippen molar-refractivity contribution in [3.63, 3.8) is 0 Å². The molecule has 1 unspecified atom stereocenters. The summed E-state index contributed by atoms with van der Waals surface area (Å²) in [6.07, 6.45) is -0.192. The number of aryl methyl sites for hydroxylation is 2. The number of hydrogen-bond donors (Lipinski definition) is 5. The molecule has 20 heavy (non-hydrogen) atoms. The third kappa shape index (κ3) is 4.26. The highest BCUT2D eigenvalue weighted by molar-refractivity contribution is 5.93. The Kier molecular flexibility index (Phi) is 5.07. The summed E-state index contributed by atoms with van der Waals surface area (Å²) < 4.78 is 0. The molecule has 0 aliphatic rings. The number of nitrogens with one attached hydrogen (secondary N) is 3. The Balaban J connectivity index is 2.62. The number of carboxylic acid groups (broad SMARTS) is 1. The highest BCUT2D eigenvalue weighted by atomic mass is 16.4. The molecule has 0 bridgehead atoms. The summed E-state index contributed by atoms with van der Waals surface area (Å²) in [6, 6.07) is -1.87. The van der Waals surface area contributed by atoms with Crippen LogP contribution in [0.1, 0.15) is 24.2 Å². The molecule has 0 radical (unpaired) electrons. The minimum Gasteiger partial charge on any atom is -0.480 e. The summed E-state index contributed by atoms with van der Waals surface area (Å²) in [5.41, 5.74) is 6.68. The van der Waals surface area contributed by atoms with E-state index < -0.39 is 23.9 Å². The zero-order valence-electron chi connectivity index (χ0n) is 11.2. The number of primary amides is 1. The fourth-order valence-electron chi connectivity index (χ4n) is 1.59. The Morgan fingerprint density at radius 2 is 2.05 bits per heavy atom. The number of anilines is 1. The van der Waals surface area contributed by atoms with Gasteiger partial charge in [-0.15, -0.1) is 0 Å². The molecule has 0 aromatic carbocycles. The smallest absolute Gasteiger partial charge is 0.326 e. The van der Waals surface area contributed by atoms with Gasteiger partial charge in [-0.25, -0.2) is 9.59 Å². The summed E-state index contributed by atoms with van der Waals surface area (Å²) in [4.78, 5) is 33.3. The van der Waals surface area contributed by atoms with Gasteiger partial charge in [0, 0.05) is 6.42 Å². The fourth-order valence-corrected chi connectivity index (χ4v) is 1.59. The Labute approximate surface area is 114 Å². The molecule has 1 rings (SSSR count). The molecule has 9 heteroatoms. The maximum absolute atomic E-state index is 11.7. The molecule has 0 aliphatic carbocycles. The molecule has 0 saturated carbocycles. The third-order valence-electron chi connectivity index (χ3n) is 2.65. The van der Waals surface area contributed by atoms with Crippen LogP contribution in [-0.4, -0.2) is 39.3 Å². The molecule has 1 aromatic heterocycles. The maximum Gasteiger partial charge on any atom is 0.326 e. The summed E-state index contributed by atoms with van der Waals surface area (Å²) >= 11 is 0. The topological polar surface area (TPSA) is 150 Å². The minimum atomic E-state index is -1.23. The summed E-state index contributed by atoms with van der Waals surface area (Å²) in [6.45, 7) is 3.41. The second-order valence-corrected chi connectivity index (χ2v) is 4.30. The average Bonchev–Trinajstić information content (AvgIpc) is 2.65. The molecule has 1 aromatic rings. The molecule has 0 spiro atoms. The van der Waals surface area contributed by atoms with Gasteiger partial charge in [0.1, 0.15) is 6.04 Å². The Bertz CT molecular complexity index is 505. The molecular formula is C11H17N5O4. The first-order valence-corrected chi connectivity index (χ1v) is 5.91. The van der Waals surface area contributed by atoms with Gasteiger partial charge in [-0.2, -0.15) is 5.10 Å². The lowest BCUT2D eigenvalue weighted by Gasteiger charge is -2.14. The van der Waals surface area contributed by atoms with Gasteiger partial charge in [0.25, 0.3) is 0 Å². The van der Waals surface area contributed by atoms with Crippen molar-refractivity contribution in [1.82, 2.24) is 15.5 Å². The number of carbonyl (C=O) groups excluding carboxylic acids is 2. The summed E-state index contributed by atoms with van der Waals surface area (Å²) in [7, 11) is 0. The molecule has 3 amide bonds. The number of carboxylic acids is 1. The van der Waals surface area contributed by atoms with E-state index in [2.05, 4.69) is 20.8 Å². The van der Waals surface area contributed by atoms with Crippen molar-refractivity contribution in [3.05, 3.63) is 11.4 Å². The minimum absolute atomic E-state index is 0.0680. The molecule has 110 valence electrons. The Hall–Kier alpha value is -2.58. The van der Waals surface area contributed by atoms with Crippen molar-refractivity contribution < 1.29 is 19.5 Å². The first-order chi connectivity index (χ1) is 9.31. The maximum atomic E-state index is 11.7. The molecule has 1 heterocycles. The van der Waals surface area contributed by atoms with Crippen LogP contribution < -0.4 is 16.4 Å². The SMILES string of the molecule is Cc1n[nH]c(C)c1NC(=O)NC(CCC(N)=O)C(=O)O. The zero-order valence-corrected chi connectivity index (χ0v) is 11.2. The number of aromatic nitrogens is 2. The van der Waals surface area contributed by atoms with Gasteiger partial charge in [0.05, 0.1) is 17.1 Å². The molecule has 9 nitrogen and oxygen atoms in total. The second-order valence-electron chi connectivity index (χ2n) is 4.30. The van der Waals surface area contributed by atoms with Crippen LogP contribution in [0, 0.1) is 13.8 Å². The number of carbonyl (C=O) groups is 3. The highest BCUT2D eigenvalue weighted by Gasteiger charge is 2.21. The van der Waals surface area contributed by atoms with Crippen molar-refractivity contribution in [1.29, 1.82) is 0 Å². The van der Waals surface area contributed by atoms with Gasteiger partial charge in [-0.3, -0.25) is 9.89 Å². The first-order valence-electron chi connectivity index (χ1n) is 5.91. The second kappa shape index (κ2) is 6.55. The fraction of sp³-hybridized carbons (Fsp3) is 0.455. The van der Waals surface area contributed by atoms with Crippen LogP contribution in [-0.2, 0) is 9.59 Å². The van der Waals surface area contributed by atoms with E-state index in [1.54, 1.807) is 13.8 Å². The predicted molar refractivity (Wildman–Crippen MR) is 70.1 cm³/mol. The van der Waals surface area contributed by atoms with Crippen LogP contribution in [0.2, 0.25) is 0 Å². The van der Waals surface area contributed by atoms with Crippen LogP contribution >= 0.6 is 0 Å². The van der Waals surface area contributed by atoms with E-state index in [4.69, 9.17) is 10.8 Å². The number of nitrogens with zero attached hydrogens (tertiary/aromatic N) is 1. The van der Waals surface area contributed by atoms with Crippen LogP contribution in [0.4, 0.5) is 10.5 Å². The van der Waals surface area contributed by atoms with Gasteiger partial charge >= 0.3 is 12.0 Å². The van der Waals surface area contributed by atoms with Crippen molar-refractivity contribution in [2.75, 3.05) is 5.32 Å². The van der Waals surface area contributed by atoms with E-state index in [0.29, 0.717) is 17.1 Å². The lowest BCUT2D eigenvalue weighted by molar-refractivity contribution is -0.139. The van der Waals surface area contributed by atoms with Gasteiger partial charge in [0.2, 0.25) is 5.91 Å². The van der Waals surface area contributed by atoms with E-state index in [-0.39, 0.29) is 12.8 Å². The van der Waals surface area contributed by atoms with E-state index >= 15 is 0 Å². The molecule has 1 atom stereocenters. The molecule has 0 aliphatic heterocycles. The number of hydrogen-bond acceptors (Lipinski definition) is 4. The number of nitrogens with two attached hydrogens (primary N) is 1. The quantitative estimate of drug-likeness (QED) is 0.492. The summed E-state index contributed by atoms with van der Waals surface area (Å²) in [5.74, 6) is -1.86. The van der Waals surface area contributed by atoms with Gasteiger partial charge in [-0.1, -0.05) is 0 Å². The summed E-state index contributed by atoms with van der Waals surface area (Å²) in [5, 5.41) is 20.3. The van der Waals surface area contributed by atoms with Crippen LogP contribution in [0.15, 0.2) is 0 Å². The lowest BCUT2D eigenvalue weighted by atomic mass is 10.1. The van der Waals surface area contributed by atoms with Crippen molar-refractivity contribution in [2.24, 2.45) is 5.73 Å². The van der Waals surface area contributed by atoms with Crippen molar-refractivity contribution in [2.45, 2.75) is 32.7 Å². The van der Waals surface area contributed by atoms with E-state index in [1.165, 1.54) is 0 Å². The van der Waals surface area contributed by atoms with Gasteiger partial charge in [-0.05, 0) is 20.3 Å². The van der Waals surface area contributed by atoms with Crippen LogP contribution in [0.25, 0.3) is 0 Å². The third-order valence-corrected chi connectivity index (χ3v) is 2.65. The largest absolute Gasteiger partial charge is 0.480 e. The molecule has 0 fully saturated rings. The number of H-pyrrole nitrogens is 1. The Morgan fingerprint density at radius 3 is 2.50 bits per heavy atom. The number of amides is 3.